The second-order valence-electron chi connectivity index (χ2n) is 8.03. The number of nitrogens with one attached hydrogen (secondary N) is 2. The number of halogens is 1. The summed E-state index contributed by atoms with van der Waals surface area (Å²) in [7, 11) is 0. The van der Waals surface area contributed by atoms with Crippen LogP contribution in [0.15, 0.2) is 54.6 Å². The molecule has 2 amide bonds. The molecular formula is C25H25ClN4O2. The first-order valence-electron chi connectivity index (χ1n) is 10.6. The summed E-state index contributed by atoms with van der Waals surface area (Å²) in [5.74, 6) is -0.425. The van der Waals surface area contributed by atoms with Gasteiger partial charge in [-0.1, -0.05) is 48.0 Å². The number of rotatable bonds is 7. The van der Waals surface area contributed by atoms with Crippen LogP contribution in [-0.4, -0.2) is 27.6 Å². The molecule has 0 unspecified atom stereocenters. The molecule has 0 radical (unpaired) electrons. The van der Waals surface area contributed by atoms with Crippen LogP contribution in [0, 0.1) is 13.8 Å². The Kier molecular flexibility index (Phi) is 6.42. The van der Waals surface area contributed by atoms with E-state index in [-0.39, 0.29) is 17.9 Å². The van der Waals surface area contributed by atoms with Crippen molar-refractivity contribution in [2.24, 2.45) is 0 Å². The number of amides is 2. The van der Waals surface area contributed by atoms with Gasteiger partial charge in [0.05, 0.1) is 12.2 Å². The van der Waals surface area contributed by atoms with E-state index in [0.717, 1.165) is 29.7 Å². The van der Waals surface area contributed by atoms with Crippen LogP contribution in [0.4, 0.5) is 5.69 Å². The van der Waals surface area contributed by atoms with Gasteiger partial charge in [-0.05, 0) is 56.0 Å². The van der Waals surface area contributed by atoms with Gasteiger partial charge in [0.15, 0.2) is 0 Å². The highest BCUT2D eigenvalue weighted by Crippen LogP contribution is 2.23. The number of nitrogens with zero attached hydrogens (tertiary/aromatic N) is 2. The molecule has 0 spiro atoms. The molecule has 164 valence electrons. The normalized spacial score (nSPS) is 13.3. The van der Waals surface area contributed by atoms with Crippen molar-refractivity contribution in [2.45, 2.75) is 39.3 Å². The van der Waals surface area contributed by atoms with Gasteiger partial charge >= 0.3 is 0 Å². The Balaban J connectivity index is 1.45. The average Bonchev–Trinajstić information content (AvgIpc) is 3.55. The number of carbonyl (C=O) groups is 2. The maximum absolute atomic E-state index is 12.6. The second-order valence-corrected chi connectivity index (χ2v) is 8.39. The summed E-state index contributed by atoms with van der Waals surface area (Å²) in [6, 6.07) is 15.5. The van der Waals surface area contributed by atoms with Crippen molar-refractivity contribution in [2.75, 3.05) is 5.32 Å². The van der Waals surface area contributed by atoms with Gasteiger partial charge in [-0.2, -0.15) is 5.10 Å². The third kappa shape index (κ3) is 5.26. The van der Waals surface area contributed by atoms with Gasteiger partial charge in [0.2, 0.25) is 5.91 Å². The first-order chi connectivity index (χ1) is 15.4. The lowest BCUT2D eigenvalue weighted by molar-refractivity contribution is -0.111. The number of benzene rings is 2. The van der Waals surface area contributed by atoms with E-state index in [2.05, 4.69) is 15.7 Å². The zero-order valence-electron chi connectivity index (χ0n) is 18.1. The van der Waals surface area contributed by atoms with Gasteiger partial charge < -0.3 is 10.6 Å². The summed E-state index contributed by atoms with van der Waals surface area (Å²) in [6.45, 7) is 4.29. The summed E-state index contributed by atoms with van der Waals surface area (Å²) in [5.41, 5.74) is 4.54. The minimum Gasteiger partial charge on any atom is -0.349 e. The van der Waals surface area contributed by atoms with Crippen molar-refractivity contribution in [3.05, 3.63) is 87.7 Å². The van der Waals surface area contributed by atoms with Gasteiger partial charge in [0.25, 0.3) is 5.91 Å². The van der Waals surface area contributed by atoms with Crippen molar-refractivity contribution in [1.29, 1.82) is 0 Å². The van der Waals surface area contributed by atoms with Crippen LogP contribution in [0.2, 0.25) is 5.15 Å². The molecule has 1 aromatic heterocycles. The topological polar surface area (TPSA) is 76.0 Å². The average molecular weight is 449 g/mol. The van der Waals surface area contributed by atoms with Gasteiger partial charge in [-0.3, -0.25) is 9.59 Å². The third-order valence-corrected chi connectivity index (χ3v) is 5.75. The molecule has 1 saturated carbocycles. The van der Waals surface area contributed by atoms with E-state index in [0.29, 0.717) is 28.5 Å². The maximum atomic E-state index is 12.6. The molecule has 1 aliphatic carbocycles. The fourth-order valence-electron chi connectivity index (χ4n) is 3.35. The molecule has 4 rings (SSSR count). The Labute approximate surface area is 192 Å². The fourth-order valence-corrected chi connectivity index (χ4v) is 3.64. The Hall–Kier alpha value is -3.38. The van der Waals surface area contributed by atoms with E-state index in [1.54, 1.807) is 22.9 Å². The number of hydrogen-bond acceptors (Lipinski definition) is 3. The van der Waals surface area contributed by atoms with Crippen LogP contribution in [-0.2, 0) is 11.3 Å². The molecule has 0 bridgehead atoms. The van der Waals surface area contributed by atoms with E-state index in [1.807, 2.05) is 50.2 Å². The van der Waals surface area contributed by atoms with Crippen LogP contribution >= 0.6 is 11.6 Å². The predicted octanol–water partition coefficient (Wildman–Crippen LogP) is 4.75. The summed E-state index contributed by atoms with van der Waals surface area (Å²) in [5, 5.41) is 10.8. The molecule has 2 aromatic carbocycles. The lowest BCUT2D eigenvalue weighted by Crippen LogP contribution is -2.25. The smallest absolute Gasteiger partial charge is 0.251 e. The van der Waals surface area contributed by atoms with E-state index in [4.69, 9.17) is 11.6 Å². The van der Waals surface area contributed by atoms with Crippen molar-refractivity contribution in [3.8, 4) is 0 Å². The van der Waals surface area contributed by atoms with E-state index < -0.39 is 0 Å². The molecule has 0 aliphatic heterocycles. The van der Waals surface area contributed by atoms with Gasteiger partial charge in [0.1, 0.15) is 5.15 Å². The Morgan fingerprint density at radius 3 is 2.62 bits per heavy atom. The third-order valence-electron chi connectivity index (χ3n) is 5.36. The minimum atomic E-state index is -0.306. The summed E-state index contributed by atoms with van der Waals surface area (Å²) in [4.78, 5) is 24.9. The number of hydrogen-bond donors (Lipinski definition) is 2. The number of carbonyl (C=O) groups excluding carboxylic acids is 2. The second kappa shape index (κ2) is 9.40. The zero-order valence-corrected chi connectivity index (χ0v) is 18.8. The molecule has 0 atom stereocenters. The Morgan fingerprint density at radius 1 is 1.16 bits per heavy atom. The molecular weight excluding hydrogens is 424 g/mol. The number of aryl methyl sites for hydroxylation is 2. The van der Waals surface area contributed by atoms with Crippen LogP contribution in [0.5, 0.6) is 0 Å². The highest BCUT2D eigenvalue weighted by Gasteiger charge is 2.24. The minimum absolute atomic E-state index is 0.119. The molecule has 3 aromatic rings. The Bertz CT molecular complexity index is 1180. The molecule has 1 aliphatic rings. The SMILES string of the molecule is Cc1ccc(C(=O)NC2CC2)cc1NC(=O)/C=C/c1c(C)nn(Cc2ccccc2)c1Cl. The summed E-state index contributed by atoms with van der Waals surface area (Å²) in [6.07, 6.45) is 5.14. The zero-order chi connectivity index (χ0) is 22.7. The van der Waals surface area contributed by atoms with Gasteiger partial charge in [0, 0.05) is 28.9 Å². The van der Waals surface area contributed by atoms with Crippen LogP contribution < -0.4 is 10.6 Å². The quantitative estimate of drug-likeness (QED) is 0.512. The lowest BCUT2D eigenvalue weighted by Gasteiger charge is -2.09. The fraction of sp³-hybridized carbons (Fsp3) is 0.240. The number of aromatic nitrogens is 2. The predicted molar refractivity (Wildman–Crippen MR) is 127 cm³/mol. The highest BCUT2D eigenvalue weighted by molar-refractivity contribution is 6.31. The lowest BCUT2D eigenvalue weighted by atomic mass is 10.1. The van der Waals surface area contributed by atoms with Crippen molar-refractivity contribution >= 4 is 35.2 Å². The van der Waals surface area contributed by atoms with Crippen molar-refractivity contribution in [1.82, 2.24) is 15.1 Å². The monoisotopic (exact) mass is 448 g/mol. The molecule has 1 heterocycles. The largest absolute Gasteiger partial charge is 0.349 e. The molecule has 32 heavy (non-hydrogen) atoms. The molecule has 2 N–H and O–H groups in total. The first kappa shape index (κ1) is 21.8. The van der Waals surface area contributed by atoms with E-state index >= 15 is 0 Å². The van der Waals surface area contributed by atoms with E-state index in [1.165, 1.54) is 6.08 Å². The standard InChI is InChI=1S/C25H25ClN4O2/c1-16-8-9-19(25(32)27-20-10-11-20)14-22(16)28-23(31)13-12-21-17(2)29-30(24(21)26)15-18-6-4-3-5-7-18/h3-9,12-14,20H,10-11,15H2,1-2H3,(H,27,32)(H,28,31)/b13-12+. The maximum Gasteiger partial charge on any atom is 0.251 e. The van der Waals surface area contributed by atoms with Crippen molar-refractivity contribution < 1.29 is 9.59 Å². The Morgan fingerprint density at radius 2 is 1.91 bits per heavy atom. The van der Waals surface area contributed by atoms with E-state index in [9.17, 15) is 9.59 Å². The summed E-state index contributed by atoms with van der Waals surface area (Å²) < 4.78 is 1.72. The van der Waals surface area contributed by atoms with Crippen LogP contribution in [0.1, 0.15) is 45.6 Å². The highest BCUT2D eigenvalue weighted by atomic mass is 35.5. The van der Waals surface area contributed by atoms with Crippen LogP contribution in [0.3, 0.4) is 0 Å². The summed E-state index contributed by atoms with van der Waals surface area (Å²) >= 11 is 6.52. The molecule has 7 heteroatoms. The van der Waals surface area contributed by atoms with Crippen molar-refractivity contribution in [3.63, 3.8) is 0 Å². The van der Waals surface area contributed by atoms with Gasteiger partial charge in [-0.25, -0.2) is 4.68 Å². The van der Waals surface area contributed by atoms with Gasteiger partial charge in [-0.15, -0.1) is 0 Å². The first-order valence-corrected chi connectivity index (χ1v) is 11.0. The van der Waals surface area contributed by atoms with Crippen LogP contribution in [0.25, 0.3) is 6.08 Å². The number of anilines is 1. The molecule has 0 saturated heterocycles. The molecule has 1 fully saturated rings. The molecule has 6 nitrogen and oxygen atoms in total.